The number of rotatable bonds is 4. The van der Waals surface area contributed by atoms with Gasteiger partial charge in [-0.15, -0.1) is 0 Å². The highest BCUT2D eigenvalue weighted by Gasteiger charge is 2.22. The number of benzene rings is 1. The van der Waals surface area contributed by atoms with Crippen LogP contribution >= 0.6 is 22.9 Å². The molecule has 0 aliphatic rings. The summed E-state index contributed by atoms with van der Waals surface area (Å²) in [6.07, 6.45) is 0.751. The molecule has 19 heavy (non-hydrogen) atoms. The van der Waals surface area contributed by atoms with E-state index in [4.69, 9.17) is 11.6 Å². The van der Waals surface area contributed by atoms with Crippen molar-refractivity contribution in [2.24, 2.45) is 0 Å². The summed E-state index contributed by atoms with van der Waals surface area (Å²) in [4.78, 5) is 3.93. The maximum atomic E-state index is 12.3. The van der Waals surface area contributed by atoms with Crippen LogP contribution in [-0.4, -0.2) is 13.4 Å². The topological polar surface area (TPSA) is 59.1 Å². The normalized spacial score (nSPS) is 11.5. The Morgan fingerprint density at radius 3 is 2.63 bits per heavy atom. The van der Waals surface area contributed by atoms with Gasteiger partial charge in [-0.1, -0.05) is 48.1 Å². The van der Waals surface area contributed by atoms with E-state index in [0.29, 0.717) is 11.4 Å². The molecule has 0 aliphatic carbocycles. The van der Waals surface area contributed by atoms with Crippen molar-refractivity contribution in [1.82, 2.24) is 4.98 Å². The van der Waals surface area contributed by atoms with Gasteiger partial charge in [-0.05, 0) is 25.0 Å². The molecule has 2 rings (SSSR count). The number of halogens is 1. The minimum absolute atomic E-state index is 0.156. The molecule has 0 amide bonds. The monoisotopic (exact) mass is 316 g/mol. The number of aryl methyl sites for hydroxylation is 2. The quantitative estimate of drug-likeness (QED) is 0.939. The fourth-order valence-electron chi connectivity index (χ4n) is 1.72. The number of sulfonamides is 1. The maximum Gasteiger partial charge on any atom is 0.273 e. The highest BCUT2D eigenvalue weighted by atomic mass is 35.5. The lowest BCUT2D eigenvalue weighted by Gasteiger charge is -2.10. The average Bonchev–Trinajstić information content (AvgIpc) is 2.69. The molecule has 0 saturated heterocycles. The van der Waals surface area contributed by atoms with Crippen LogP contribution in [0.3, 0.4) is 0 Å². The molecule has 0 unspecified atom stereocenters. The number of para-hydroxylation sites is 1. The molecule has 0 radical (unpaired) electrons. The molecule has 4 nitrogen and oxygen atoms in total. The molecule has 0 spiro atoms. The van der Waals surface area contributed by atoms with Gasteiger partial charge in [0.25, 0.3) is 10.0 Å². The van der Waals surface area contributed by atoms with E-state index in [9.17, 15) is 8.42 Å². The summed E-state index contributed by atoms with van der Waals surface area (Å²) in [5.41, 5.74) is 1.95. The first kappa shape index (κ1) is 14.3. The summed E-state index contributed by atoms with van der Waals surface area (Å²) in [7, 11) is -3.63. The largest absolute Gasteiger partial charge is 0.279 e. The predicted octanol–water partition coefficient (Wildman–Crippen LogP) is 3.47. The van der Waals surface area contributed by atoms with Gasteiger partial charge in [0.2, 0.25) is 0 Å². The number of thiazole rings is 1. The third kappa shape index (κ3) is 3.08. The molecule has 102 valence electrons. The molecule has 0 saturated carbocycles. The number of hydrogen-bond donors (Lipinski definition) is 1. The smallest absolute Gasteiger partial charge is 0.273 e. The number of nitrogens with one attached hydrogen (secondary N) is 1. The van der Waals surface area contributed by atoms with Crippen LogP contribution in [0, 0.1) is 6.92 Å². The van der Waals surface area contributed by atoms with Gasteiger partial charge < -0.3 is 0 Å². The van der Waals surface area contributed by atoms with Crippen molar-refractivity contribution in [1.29, 1.82) is 0 Å². The van der Waals surface area contributed by atoms with Crippen LogP contribution in [0.2, 0.25) is 4.47 Å². The maximum absolute atomic E-state index is 12.3. The van der Waals surface area contributed by atoms with E-state index in [0.717, 1.165) is 23.3 Å². The molecule has 7 heteroatoms. The zero-order valence-corrected chi connectivity index (χ0v) is 12.9. The lowest BCUT2D eigenvalue weighted by molar-refractivity contribution is 0.602. The van der Waals surface area contributed by atoms with Crippen molar-refractivity contribution in [2.75, 3.05) is 4.72 Å². The number of aromatic nitrogens is 1. The van der Waals surface area contributed by atoms with Gasteiger partial charge in [0.05, 0.1) is 11.4 Å². The number of nitrogens with zero attached hydrogens (tertiary/aromatic N) is 1. The first-order chi connectivity index (χ1) is 8.94. The van der Waals surface area contributed by atoms with Crippen molar-refractivity contribution >= 4 is 38.6 Å². The summed E-state index contributed by atoms with van der Waals surface area (Å²) >= 11 is 6.71. The van der Waals surface area contributed by atoms with Crippen molar-refractivity contribution in [3.63, 3.8) is 0 Å². The lowest BCUT2D eigenvalue weighted by Crippen LogP contribution is -2.13. The molecule has 1 N–H and O–H groups in total. The van der Waals surface area contributed by atoms with E-state index < -0.39 is 10.0 Å². The second kappa shape index (κ2) is 5.48. The third-order valence-electron chi connectivity index (χ3n) is 2.61. The Balaban J connectivity index is 2.39. The van der Waals surface area contributed by atoms with Crippen LogP contribution < -0.4 is 4.72 Å². The Bertz CT molecular complexity index is 696. The first-order valence-electron chi connectivity index (χ1n) is 5.67. The highest BCUT2D eigenvalue weighted by molar-refractivity contribution is 7.94. The zero-order valence-electron chi connectivity index (χ0n) is 10.5. The predicted molar refractivity (Wildman–Crippen MR) is 78.5 cm³/mol. The van der Waals surface area contributed by atoms with E-state index in [1.54, 1.807) is 19.1 Å². The first-order valence-corrected chi connectivity index (χ1v) is 8.35. The summed E-state index contributed by atoms with van der Waals surface area (Å²) in [6, 6.07) is 7.31. The molecular weight excluding hydrogens is 304 g/mol. The summed E-state index contributed by atoms with van der Waals surface area (Å²) in [5.74, 6) is 0. The summed E-state index contributed by atoms with van der Waals surface area (Å²) < 4.78 is 27.6. The standard InChI is InChI=1S/C12H13ClN2O2S2/c1-3-9-6-4-5-7-10(9)15-19(16,17)11-8(2)14-12(13)18-11/h4-7,15H,3H2,1-2H3. The molecule has 0 fully saturated rings. The number of anilines is 1. The van der Waals surface area contributed by atoms with Gasteiger partial charge in [0.15, 0.2) is 8.68 Å². The van der Waals surface area contributed by atoms with E-state index in [-0.39, 0.29) is 8.68 Å². The van der Waals surface area contributed by atoms with E-state index in [1.807, 2.05) is 19.1 Å². The van der Waals surface area contributed by atoms with Gasteiger partial charge in [0, 0.05) is 0 Å². The van der Waals surface area contributed by atoms with E-state index in [1.165, 1.54) is 0 Å². The Labute approximate surface area is 121 Å². The molecule has 0 bridgehead atoms. The molecule has 1 aromatic heterocycles. The molecule has 2 aromatic rings. The molecule has 1 heterocycles. The van der Waals surface area contributed by atoms with Gasteiger partial charge in [0.1, 0.15) is 0 Å². The van der Waals surface area contributed by atoms with Crippen molar-refractivity contribution in [3.8, 4) is 0 Å². The van der Waals surface area contributed by atoms with Crippen molar-refractivity contribution in [2.45, 2.75) is 24.5 Å². The second-order valence-electron chi connectivity index (χ2n) is 3.96. The zero-order chi connectivity index (χ0) is 14.0. The third-order valence-corrected chi connectivity index (χ3v) is 5.85. The van der Waals surface area contributed by atoms with Gasteiger partial charge >= 0.3 is 0 Å². The van der Waals surface area contributed by atoms with Crippen LogP contribution in [0.25, 0.3) is 0 Å². The minimum Gasteiger partial charge on any atom is -0.279 e. The number of hydrogen-bond acceptors (Lipinski definition) is 4. The Kier molecular flexibility index (Phi) is 4.13. The SMILES string of the molecule is CCc1ccccc1NS(=O)(=O)c1sc(Cl)nc1C. The van der Waals surface area contributed by atoms with Crippen LogP contribution in [0.15, 0.2) is 28.5 Å². The van der Waals surface area contributed by atoms with Crippen LogP contribution in [0.5, 0.6) is 0 Å². The van der Waals surface area contributed by atoms with Gasteiger partial charge in [-0.25, -0.2) is 13.4 Å². The minimum atomic E-state index is -3.63. The van der Waals surface area contributed by atoms with Crippen LogP contribution in [0.1, 0.15) is 18.2 Å². The van der Waals surface area contributed by atoms with Crippen molar-refractivity contribution < 1.29 is 8.42 Å². The average molecular weight is 317 g/mol. The van der Waals surface area contributed by atoms with Gasteiger partial charge in [-0.3, -0.25) is 4.72 Å². The molecular formula is C12H13ClN2O2S2. The Hall–Kier alpha value is -1.11. The van der Waals surface area contributed by atoms with E-state index in [2.05, 4.69) is 9.71 Å². The summed E-state index contributed by atoms with van der Waals surface area (Å²) in [6.45, 7) is 3.60. The van der Waals surface area contributed by atoms with Crippen LogP contribution in [-0.2, 0) is 16.4 Å². The lowest BCUT2D eigenvalue weighted by atomic mass is 10.1. The molecule has 0 atom stereocenters. The van der Waals surface area contributed by atoms with Crippen LogP contribution in [0.4, 0.5) is 5.69 Å². The highest BCUT2D eigenvalue weighted by Crippen LogP contribution is 2.29. The molecule has 1 aromatic carbocycles. The van der Waals surface area contributed by atoms with E-state index >= 15 is 0 Å². The summed E-state index contributed by atoms with van der Waals surface area (Å²) in [5, 5.41) is 0. The second-order valence-corrected chi connectivity index (χ2v) is 7.41. The Morgan fingerprint density at radius 1 is 1.37 bits per heavy atom. The fourth-order valence-corrected chi connectivity index (χ4v) is 4.56. The van der Waals surface area contributed by atoms with Crippen molar-refractivity contribution in [3.05, 3.63) is 40.0 Å². The van der Waals surface area contributed by atoms with Gasteiger partial charge in [-0.2, -0.15) is 0 Å². The Morgan fingerprint density at radius 2 is 2.05 bits per heavy atom. The fraction of sp³-hybridized carbons (Fsp3) is 0.250. The molecule has 0 aliphatic heterocycles.